The molecule has 1 aliphatic rings. The number of aliphatic hydroxyl groups excluding tert-OH is 1. The summed E-state index contributed by atoms with van der Waals surface area (Å²) in [5.41, 5.74) is 2.72. The Balaban J connectivity index is 1.48. The van der Waals surface area contributed by atoms with Gasteiger partial charge in [0.05, 0.1) is 28.9 Å². The standard InChI is InChI=1S/C23H21N7O3S/c31-13-19(15-5-2-1-3-6-15)28-22-18(21-25-14-26-30-21)12-24-23(29-22)27-17-8-9-20-16(11-17)7-4-10-34(20,32)33/h1-9,11-12,14,19,31H,10,13H2,(H,25,26,30)(H2,24,27,28,29)/t19-/m1/s1. The number of hydrogen-bond acceptors (Lipinski definition) is 9. The fourth-order valence-corrected chi connectivity index (χ4v) is 5.00. The maximum absolute atomic E-state index is 12.2. The summed E-state index contributed by atoms with van der Waals surface area (Å²) in [6.07, 6.45) is 6.40. The molecule has 172 valence electrons. The molecule has 0 saturated carbocycles. The fourth-order valence-electron chi connectivity index (χ4n) is 3.71. The Morgan fingerprint density at radius 2 is 1.97 bits per heavy atom. The summed E-state index contributed by atoms with van der Waals surface area (Å²) in [4.78, 5) is 13.5. The zero-order valence-corrected chi connectivity index (χ0v) is 18.7. The molecule has 1 atom stereocenters. The highest BCUT2D eigenvalue weighted by molar-refractivity contribution is 7.91. The second-order valence-electron chi connectivity index (χ2n) is 7.64. The normalized spacial score (nSPS) is 14.9. The molecule has 2 aromatic carbocycles. The molecule has 0 radical (unpaired) electrons. The Hall–Kier alpha value is -4.09. The first-order chi connectivity index (χ1) is 16.5. The molecule has 34 heavy (non-hydrogen) atoms. The molecule has 5 rings (SSSR count). The molecular weight excluding hydrogens is 454 g/mol. The van der Waals surface area contributed by atoms with Gasteiger partial charge in [-0.1, -0.05) is 42.5 Å². The van der Waals surface area contributed by atoms with Gasteiger partial charge in [-0.05, 0) is 29.3 Å². The van der Waals surface area contributed by atoms with Gasteiger partial charge in [-0.2, -0.15) is 10.1 Å². The Bertz CT molecular complexity index is 1440. The maximum Gasteiger partial charge on any atom is 0.229 e. The van der Waals surface area contributed by atoms with Crippen molar-refractivity contribution in [3.63, 3.8) is 0 Å². The Kier molecular flexibility index (Phi) is 5.78. The number of anilines is 3. The van der Waals surface area contributed by atoms with Crippen LogP contribution < -0.4 is 10.6 Å². The van der Waals surface area contributed by atoms with Crippen LogP contribution in [0.5, 0.6) is 0 Å². The molecule has 0 bridgehead atoms. The molecule has 4 N–H and O–H groups in total. The van der Waals surface area contributed by atoms with Crippen molar-refractivity contribution < 1.29 is 13.5 Å². The predicted molar refractivity (Wildman–Crippen MR) is 128 cm³/mol. The van der Waals surface area contributed by atoms with E-state index in [1.165, 1.54) is 6.33 Å². The number of H-pyrrole nitrogens is 1. The van der Waals surface area contributed by atoms with E-state index in [-0.39, 0.29) is 18.3 Å². The number of aliphatic hydroxyl groups is 1. The van der Waals surface area contributed by atoms with Crippen LogP contribution in [0.4, 0.5) is 17.5 Å². The van der Waals surface area contributed by atoms with Crippen molar-refractivity contribution in [3.8, 4) is 11.4 Å². The average molecular weight is 476 g/mol. The zero-order chi connectivity index (χ0) is 23.5. The third-order valence-electron chi connectivity index (χ3n) is 5.37. The van der Waals surface area contributed by atoms with E-state index in [4.69, 9.17) is 0 Å². The summed E-state index contributed by atoms with van der Waals surface area (Å²) in [6.45, 7) is -0.155. The molecule has 0 fully saturated rings. The molecular formula is C23H21N7O3S. The minimum atomic E-state index is -3.31. The van der Waals surface area contributed by atoms with E-state index in [0.717, 1.165) is 5.56 Å². The van der Waals surface area contributed by atoms with Gasteiger partial charge in [-0.15, -0.1) is 0 Å². The number of nitrogens with zero attached hydrogens (tertiary/aromatic N) is 4. The molecule has 4 aromatic rings. The topological polar surface area (TPSA) is 146 Å². The van der Waals surface area contributed by atoms with E-state index < -0.39 is 15.9 Å². The first kappa shape index (κ1) is 21.7. The van der Waals surface area contributed by atoms with Crippen molar-refractivity contribution in [2.24, 2.45) is 0 Å². The lowest BCUT2D eigenvalue weighted by Crippen LogP contribution is -2.17. The van der Waals surface area contributed by atoms with Crippen molar-refractivity contribution in [1.82, 2.24) is 25.1 Å². The molecule has 11 heteroatoms. The van der Waals surface area contributed by atoms with E-state index in [2.05, 4.69) is 35.8 Å². The van der Waals surface area contributed by atoms with Crippen molar-refractivity contribution in [1.29, 1.82) is 0 Å². The van der Waals surface area contributed by atoms with Crippen molar-refractivity contribution in [2.45, 2.75) is 10.9 Å². The van der Waals surface area contributed by atoms with Crippen molar-refractivity contribution >= 4 is 33.4 Å². The largest absolute Gasteiger partial charge is 0.394 e. The molecule has 0 amide bonds. The molecule has 3 heterocycles. The summed E-state index contributed by atoms with van der Waals surface area (Å²) >= 11 is 0. The van der Waals surface area contributed by atoms with Crippen LogP contribution in [0.3, 0.4) is 0 Å². The molecule has 0 unspecified atom stereocenters. The van der Waals surface area contributed by atoms with Crippen LogP contribution in [-0.4, -0.2) is 51.0 Å². The van der Waals surface area contributed by atoms with Crippen LogP contribution in [0, 0.1) is 0 Å². The Morgan fingerprint density at radius 1 is 1.12 bits per heavy atom. The van der Waals surface area contributed by atoms with Gasteiger partial charge in [0.2, 0.25) is 5.95 Å². The molecule has 0 spiro atoms. The van der Waals surface area contributed by atoms with E-state index in [1.54, 1.807) is 36.5 Å². The maximum atomic E-state index is 12.2. The van der Waals surface area contributed by atoms with Crippen LogP contribution in [0.2, 0.25) is 0 Å². The number of rotatable bonds is 7. The number of aromatic amines is 1. The second kappa shape index (κ2) is 9.04. The van der Waals surface area contributed by atoms with Gasteiger partial charge in [0.1, 0.15) is 12.1 Å². The Labute approximate surface area is 195 Å². The van der Waals surface area contributed by atoms with Crippen LogP contribution in [0.25, 0.3) is 17.5 Å². The summed E-state index contributed by atoms with van der Waals surface area (Å²) in [5.74, 6) is 1.21. The van der Waals surface area contributed by atoms with Gasteiger partial charge in [0.15, 0.2) is 15.7 Å². The van der Waals surface area contributed by atoms with Gasteiger partial charge in [0, 0.05) is 11.9 Å². The number of hydrogen-bond donors (Lipinski definition) is 4. The number of sulfone groups is 1. The van der Waals surface area contributed by atoms with Gasteiger partial charge in [-0.25, -0.2) is 18.4 Å². The molecule has 0 aliphatic carbocycles. The molecule has 1 aliphatic heterocycles. The quantitative estimate of drug-likeness (QED) is 0.317. The van der Waals surface area contributed by atoms with Crippen LogP contribution in [0.15, 0.2) is 72.0 Å². The Morgan fingerprint density at radius 3 is 2.74 bits per heavy atom. The predicted octanol–water partition coefficient (Wildman–Crippen LogP) is 2.95. The minimum absolute atomic E-state index is 0.00144. The SMILES string of the molecule is O=S1(=O)CC=Cc2cc(Nc3ncc(-c4ncn[nH]4)c(N[C@H](CO)c4ccccc4)n3)ccc21. The third kappa shape index (κ3) is 4.38. The third-order valence-corrected chi connectivity index (χ3v) is 7.04. The lowest BCUT2D eigenvalue weighted by atomic mass is 10.1. The first-order valence-corrected chi connectivity index (χ1v) is 12.1. The monoisotopic (exact) mass is 475 g/mol. The summed E-state index contributed by atoms with van der Waals surface area (Å²) in [5, 5.41) is 23.1. The zero-order valence-electron chi connectivity index (χ0n) is 17.9. The van der Waals surface area contributed by atoms with E-state index in [1.807, 2.05) is 30.3 Å². The van der Waals surface area contributed by atoms with Gasteiger partial charge >= 0.3 is 0 Å². The first-order valence-electron chi connectivity index (χ1n) is 10.5. The second-order valence-corrected chi connectivity index (χ2v) is 9.64. The number of fused-ring (bicyclic) bond motifs is 1. The summed E-state index contributed by atoms with van der Waals surface area (Å²) < 4.78 is 24.5. The van der Waals surface area contributed by atoms with Gasteiger partial charge in [0.25, 0.3) is 0 Å². The smallest absolute Gasteiger partial charge is 0.229 e. The number of nitrogens with one attached hydrogen (secondary N) is 3. The van der Waals surface area contributed by atoms with Crippen molar-refractivity contribution in [2.75, 3.05) is 23.0 Å². The van der Waals surface area contributed by atoms with Gasteiger partial charge in [-0.3, -0.25) is 5.10 Å². The minimum Gasteiger partial charge on any atom is -0.394 e. The number of benzene rings is 2. The lowest BCUT2D eigenvalue weighted by Gasteiger charge is -2.19. The van der Waals surface area contributed by atoms with E-state index >= 15 is 0 Å². The molecule has 2 aromatic heterocycles. The van der Waals surface area contributed by atoms with Crippen LogP contribution >= 0.6 is 0 Å². The molecule has 0 saturated heterocycles. The van der Waals surface area contributed by atoms with E-state index in [9.17, 15) is 13.5 Å². The fraction of sp³-hybridized carbons (Fsp3) is 0.130. The average Bonchev–Trinajstić information content (AvgIpc) is 3.38. The van der Waals surface area contributed by atoms with E-state index in [0.29, 0.717) is 33.4 Å². The van der Waals surface area contributed by atoms with Crippen LogP contribution in [0.1, 0.15) is 17.2 Å². The number of aromatic nitrogens is 5. The van der Waals surface area contributed by atoms with Crippen LogP contribution in [-0.2, 0) is 9.84 Å². The highest BCUT2D eigenvalue weighted by atomic mass is 32.2. The van der Waals surface area contributed by atoms with Crippen molar-refractivity contribution in [3.05, 3.63) is 78.3 Å². The highest BCUT2D eigenvalue weighted by Crippen LogP contribution is 2.30. The van der Waals surface area contributed by atoms with Gasteiger partial charge < -0.3 is 15.7 Å². The lowest BCUT2D eigenvalue weighted by molar-refractivity contribution is 0.276. The summed E-state index contributed by atoms with van der Waals surface area (Å²) in [7, 11) is -3.31. The summed E-state index contributed by atoms with van der Waals surface area (Å²) in [6, 6.07) is 14.1. The molecule has 10 nitrogen and oxygen atoms in total. The highest BCUT2D eigenvalue weighted by Gasteiger charge is 2.21.